The first-order chi connectivity index (χ1) is 21.6. The predicted molar refractivity (Wildman–Crippen MR) is 175 cm³/mol. The molecule has 2 bridgehead atoms. The Hall–Kier alpha value is -3.10. The second-order valence-electron chi connectivity index (χ2n) is 13.7. The number of benzene rings is 3. The zero-order chi connectivity index (χ0) is 31.5. The van der Waals surface area contributed by atoms with Gasteiger partial charge >= 0.3 is 0 Å². The van der Waals surface area contributed by atoms with Crippen LogP contribution in [-0.4, -0.2) is 61.5 Å². The number of likely N-dealkylation sites (tertiary alicyclic amines) is 1. The number of nitrogens with zero attached hydrogens (tertiary/aromatic N) is 2. The molecule has 7 rings (SSSR count). The van der Waals surface area contributed by atoms with Crippen LogP contribution in [0.2, 0.25) is 5.02 Å². The number of rotatable bonds is 8. The Labute approximate surface area is 271 Å². The summed E-state index contributed by atoms with van der Waals surface area (Å²) in [6.45, 7) is 9.68. The van der Waals surface area contributed by atoms with Crippen molar-refractivity contribution in [3.05, 3.63) is 87.9 Å². The van der Waals surface area contributed by atoms with Gasteiger partial charge in [-0.15, -0.1) is 0 Å². The predicted octanol–water partition coefficient (Wildman–Crippen LogP) is 6.38. The van der Waals surface area contributed by atoms with Gasteiger partial charge in [-0.25, -0.2) is 0 Å². The van der Waals surface area contributed by atoms with E-state index in [0.29, 0.717) is 34.4 Å². The molecule has 7 nitrogen and oxygen atoms in total. The molecule has 3 fully saturated rings. The number of halogens is 1. The number of hydrogen-bond acceptors (Lipinski definition) is 6. The normalized spacial score (nSPS) is 26.4. The smallest absolute Gasteiger partial charge is 0.232 e. The maximum absolute atomic E-state index is 14.0. The van der Waals surface area contributed by atoms with E-state index in [4.69, 9.17) is 25.8 Å². The summed E-state index contributed by atoms with van der Waals surface area (Å²) in [7, 11) is 1.62. The monoisotopic (exact) mass is 630 g/mol. The molecule has 2 unspecified atom stereocenters. The third kappa shape index (κ3) is 5.52. The minimum atomic E-state index is -0.958. The number of amides is 1. The van der Waals surface area contributed by atoms with Crippen LogP contribution in [0.4, 0.5) is 5.69 Å². The van der Waals surface area contributed by atoms with E-state index in [0.717, 1.165) is 67.1 Å². The number of piperidine rings is 1. The van der Waals surface area contributed by atoms with E-state index in [9.17, 15) is 9.90 Å². The minimum Gasteiger partial charge on any atom is -0.493 e. The molecule has 1 amide bonds. The Morgan fingerprint density at radius 3 is 2.22 bits per heavy atom. The lowest BCUT2D eigenvalue weighted by molar-refractivity contribution is -0.118. The van der Waals surface area contributed by atoms with Crippen LogP contribution in [-0.2, 0) is 21.6 Å². The molecule has 3 aromatic rings. The van der Waals surface area contributed by atoms with Crippen LogP contribution < -0.4 is 14.4 Å². The van der Waals surface area contributed by atoms with Crippen molar-refractivity contribution in [2.24, 2.45) is 17.8 Å². The van der Waals surface area contributed by atoms with Crippen LogP contribution in [0.25, 0.3) is 0 Å². The van der Waals surface area contributed by atoms with Gasteiger partial charge in [0.2, 0.25) is 5.91 Å². The van der Waals surface area contributed by atoms with Gasteiger partial charge in [-0.2, -0.15) is 0 Å². The van der Waals surface area contributed by atoms with Crippen molar-refractivity contribution < 1.29 is 24.1 Å². The van der Waals surface area contributed by atoms with Crippen molar-refractivity contribution in [2.75, 3.05) is 38.3 Å². The molecule has 4 aliphatic rings. The summed E-state index contributed by atoms with van der Waals surface area (Å²) < 4.78 is 17.3. The lowest BCUT2D eigenvalue weighted by Gasteiger charge is -2.48. The topological polar surface area (TPSA) is 71.5 Å². The Morgan fingerprint density at radius 1 is 0.978 bits per heavy atom. The van der Waals surface area contributed by atoms with Crippen LogP contribution in [0.15, 0.2) is 60.7 Å². The Kier molecular flexibility index (Phi) is 8.09. The SMILES string of the molecule is COc1cc2c(cc1OC(C)C)[C@H](c1ccc(Cl)cc1)N(c1ccc(C(C)(O)C3[C@@H]4CC[C@H]3CN(C3COC3)C4)cc1)C(=O)C2. The largest absolute Gasteiger partial charge is 0.493 e. The molecule has 238 valence electrons. The van der Waals surface area contributed by atoms with Crippen LogP contribution in [0.3, 0.4) is 0 Å². The molecule has 1 aliphatic carbocycles. The molecule has 0 radical (unpaired) electrons. The molecule has 1 saturated carbocycles. The third-order valence-corrected chi connectivity index (χ3v) is 10.8. The van der Waals surface area contributed by atoms with Gasteiger partial charge < -0.3 is 24.2 Å². The molecule has 3 heterocycles. The summed E-state index contributed by atoms with van der Waals surface area (Å²) in [6.07, 6.45) is 2.52. The number of hydrogen-bond donors (Lipinski definition) is 1. The first-order valence-electron chi connectivity index (χ1n) is 16.2. The van der Waals surface area contributed by atoms with Crippen LogP contribution in [0.5, 0.6) is 11.5 Å². The minimum absolute atomic E-state index is 0.00747. The fraction of sp³-hybridized carbons (Fsp3) is 0.486. The van der Waals surface area contributed by atoms with E-state index in [-0.39, 0.29) is 30.4 Å². The molecule has 0 spiro atoms. The summed E-state index contributed by atoms with van der Waals surface area (Å²) >= 11 is 6.29. The van der Waals surface area contributed by atoms with E-state index in [1.54, 1.807) is 7.11 Å². The number of methoxy groups -OCH3 is 1. The standard InChI is InChI=1S/C37H43ClN2O5/c1-22(2)45-33-17-31-26(15-32(33)43-4)16-34(41)40(36(31)23-7-11-28(38)12-8-23)29-13-9-27(10-14-29)37(3,42)35-24-5-6-25(35)19-39(18-24)30-20-44-21-30/h7-15,17,22,24-25,30,35-36,42H,5-6,16,18-21H2,1-4H3/t24-,25+,35?,36-,37?/m0/s1. The summed E-state index contributed by atoms with van der Waals surface area (Å²) in [5, 5.41) is 12.8. The highest BCUT2D eigenvalue weighted by Crippen LogP contribution is 2.52. The van der Waals surface area contributed by atoms with Gasteiger partial charge in [-0.3, -0.25) is 9.69 Å². The number of anilines is 1. The summed E-state index contributed by atoms with van der Waals surface area (Å²) in [4.78, 5) is 18.4. The lowest BCUT2D eigenvalue weighted by atomic mass is 9.70. The van der Waals surface area contributed by atoms with E-state index in [2.05, 4.69) is 4.90 Å². The molecule has 3 aliphatic heterocycles. The van der Waals surface area contributed by atoms with Crippen molar-refractivity contribution in [1.82, 2.24) is 4.90 Å². The van der Waals surface area contributed by atoms with Gasteiger partial charge in [0.05, 0.1) is 50.5 Å². The van der Waals surface area contributed by atoms with Gasteiger partial charge in [-0.05, 0) is 110 Å². The van der Waals surface area contributed by atoms with Crippen LogP contribution in [0, 0.1) is 17.8 Å². The average Bonchev–Trinajstić information content (AvgIpc) is 3.27. The van der Waals surface area contributed by atoms with Gasteiger partial charge in [0.15, 0.2) is 11.5 Å². The summed E-state index contributed by atoms with van der Waals surface area (Å²) in [5.74, 6) is 2.40. The molecule has 5 atom stereocenters. The van der Waals surface area contributed by atoms with Crippen LogP contribution in [0.1, 0.15) is 61.9 Å². The van der Waals surface area contributed by atoms with Crippen molar-refractivity contribution in [3.63, 3.8) is 0 Å². The van der Waals surface area contributed by atoms with Crippen molar-refractivity contribution in [3.8, 4) is 11.5 Å². The van der Waals surface area contributed by atoms with E-state index >= 15 is 0 Å². The second-order valence-corrected chi connectivity index (χ2v) is 14.2. The molecular formula is C37H43ClN2O5. The maximum Gasteiger partial charge on any atom is 0.232 e. The molecule has 3 aromatic carbocycles. The molecule has 2 saturated heterocycles. The highest BCUT2D eigenvalue weighted by Gasteiger charge is 2.52. The fourth-order valence-electron chi connectivity index (χ4n) is 8.39. The first kappa shape index (κ1) is 30.5. The molecule has 1 N–H and O–H groups in total. The summed E-state index contributed by atoms with van der Waals surface area (Å²) in [6, 6.07) is 19.8. The fourth-order valence-corrected chi connectivity index (χ4v) is 8.52. The maximum atomic E-state index is 14.0. The number of aliphatic hydroxyl groups is 1. The zero-order valence-corrected chi connectivity index (χ0v) is 27.3. The van der Waals surface area contributed by atoms with Gasteiger partial charge in [0.25, 0.3) is 0 Å². The summed E-state index contributed by atoms with van der Waals surface area (Å²) in [5.41, 5.74) is 3.59. The van der Waals surface area contributed by atoms with Crippen LogP contribution >= 0.6 is 11.6 Å². The van der Waals surface area contributed by atoms with Gasteiger partial charge in [0, 0.05) is 23.8 Å². The Bertz CT molecular complexity index is 1540. The molecular weight excluding hydrogens is 588 g/mol. The Balaban J connectivity index is 1.22. The number of carbonyl (C=O) groups excluding carboxylic acids is 1. The zero-order valence-electron chi connectivity index (χ0n) is 26.5. The number of ether oxygens (including phenoxy) is 3. The number of fused-ring (bicyclic) bond motifs is 3. The van der Waals surface area contributed by atoms with Gasteiger partial charge in [0.1, 0.15) is 0 Å². The van der Waals surface area contributed by atoms with E-state index in [1.807, 2.05) is 86.3 Å². The molecule has 0 aromatic heterocycles. The average molecular weight is 631 g/mol. The second kappa shape index (κ2) is 11.9. The van der Waals surface area contributed by atoms with E-state index in [1.165, 1.54) is 0 Å². The third-order valence-electron chi connectivity index (χ3n) is 10.5. The Morgan fingerprint density at radius 2 is 1.64 bits per heavy atom. The van der Waals surface area contributed by atoms with E-state index < -0.39 is 5.60 Å². The molecule has 45 heavy (non-hydrogen) atoms. The van der Waals surface area contributed by atoms with Crippen molar-refractivity contribution in [2.45, 2.75) is 63.8 Å². The molecule has 8 heteroatoms. The lowest BCUT2D eigenvalue weighted by Crippen LogP contribution is -2.57. The number of carbonyl (C=O) groups is 1. The van der Waals surface area contributed by atoms with Crippen molar-refractivity contribution in [1.29, 1.82) is 0 Å². The highest BCUT2D eigenvalue weighted by molar-refractivity contribution is 6.30. The highest BCUT2D eigenvalue weighted by atomic mass is 35.5. The van der Waals surface area contributed by atoms with Gasteiger partial charge in [-0.1, -0.05) is 35.9 Å². The first-order valence-corrected chi connectivity index (χ1v) is 16.6. The quantitative estimate of drug-likeness (QED) is 0.312. The van der Waals surface area contributed by atoms with Crippen molar-refractivity contribution >= 4 is 23.2 Å².